The Kier molecular flexibility index (Phi) is 6.93. The second-order valence-corrected chi connectivity index (χ2v) is 7.16. The van der Waals surface area contributed by atoms with Crippen LogP contribution in [0.15, 0.2) is 0 Å². The zero-order valence-electron chi connectivity index (χ0n) is 13.8. The van der Waals surface area contributed by atoms with E-state index in [1.807, 2.05) is 0 Å². The summed E-state index contributed by atoms with van der Waals surface area (Å²) in [5.74, 6) is 0.641. The minimum atomic E-state index is -0.391. The van der Waals surface area contributed by atoms with Crippen LogP contribution in [0.2, 0.25) is 0 Å². The van der Waals surface area contributed by atoms with Crippen LogP contribution in [-0.2, 0) is 9.47 Å². The summed E-state index contributed by atoms with van der Waals surface area (Å²) in [7, 11) is 1.76. The highest BCUT2D eigenvalue weighted by Gasteiger charge is 2.41. The van der Waals surface area contributed by atoms with E-state index >= 15 is 0 Å². The molecular weight excluding hydrogens is 266 g/mol. The van der Waals surface area contributed by atoms with E-state index in [1.165, 1.54) is 32.1 Å². The van der Waals surface area contributed by atoms with Crippen molar-refractivity contribution in [3.63, 3.8) is 0 Å². The lowest BCUT2D eigenvalue weighted by molar-refractivity contribution is -0.0453. The van der Waals surface area contributed by atoms with Crippen molar-refractivity contribution in [3.05, 3.63) is 0 Å². The zero-order valence-corrected chi connectivity index (χ0v) is 13.8. The minimum Gasteiger partial charge on any atom is -0.389 e. The van der Waals surface area contributed by atoms with Crippen molar-refractivity contribution >= 4 is 0 Å². The number of hydrogen-bond donors (Lipinski definition) is 2. The predicted molar refractivity (Wildman–Crippen MR) is 84.4 cm³/mol. The molecule has 0 aromatic rings. The molecule has 4 nitrogen and oxygen atoms in total. The quantitative estimate of drug-likeness (QED) is 0.650. The highest BCUT2D eigenvalue weighted by molar-refractivity contribution is 4.94. The van der Waals surface area contributed by atoms with Crippen LogP contribution < -0.4 is 5.32 Å². The van der Waals surface area contributed by atoms with Crippen LogP contribution in [0.1, 0.15) is 51.9 Å². The van der Waals surface area contributed by atoms with Crippen LogP contribution in [0.5, 0.6) is 0 Å². The largest absolute Gasteiger partial charge is 0.389 e. The highest BCUT2D eigenvalue weighted by atomic mass is 16.5. The SMILES string of the molecule is COCCC1(CNCC(O)COC2CCCCC2C)CC1. The Morgan fingerprint density at radius 3 is 2.71 bits per heavy atom. The van der Waals surface area contributed by atoms with Gasteiger partial charge in [-0.05, 0) is 43.4 Å². The number of ether oxygens (including phenoxy) is 2. The van der Waals surface area contributed by atoms with Gasteiger partial charge in [-0.15, -0.1) is 0 Å². The molecule has 0 aromatic carbocycles. The standard InChI is InChI=1S/C17H33NO3/c1-14-5-3-4-6-16(14)21-12-15(19)11-18-13-17(7-8-17)9-10-20-2/h14-16,18-19H,3-13H2,1-2H3. The van der Waals surface area contributed by atoms with Gasteiger partial charge in [-0.2, -0.15) is 0 Å². The van der Waals surface area contributed by atoms with Crippen molar-refractivity contribution in [2.24, 2.45) is 11.3 Å². The van der Waals surface area contributed by atoms with Gasteiger partial charge in [0.25, 0.3) is 0 Å². The van der Waals surface area contributed by atoms with Crippen LogP contribution >= 0.6 is 0 Å². The Labute approximate surface area is 129 Å². The fourth-order valence-electron chi connectivity index (χ4n) is 3.34. The Balaban J connectivity index is 1.54. The van der Waals surface area contributed by atoms with Gasteiger partial charge < -0.3 is 19.9 Å². The second-order valence-electron chi connectivity index (χ2n) is 7.16. The van der Waals surface area contributed by atoms with Crippen LogP contribution in [0, 0.1) is 11.3 Å². The zero-order chi connectivity index (χ0) is 15.1. The Morgan fingerprint density at radius 2 is 2.05 bits per heavy atom. The molecular formula is C17H33NO3. The molecule has 4 heteroatoms. The fourth-order valence-corrected chi connectivity index (χ4v) is 3.34. The molecule has 2 rings (SSSR count). The number of rotatable bonds is 10. The third-order valence-electron chi connectivity index (χ3n) is 5.21. The minimum absolute atomic E-state index is 0.352. The molecule has 2 aliphatic carbocycles. The van der Waals surface area contributed by atoms with Crippen LogP contribution in [-0.4, -0.2) is 50.7 Å². The average molecular weight is 299 g/mol. The molecule has 0 heterocycles. The summed E-state index contributed by atoms with van der Waals surface area (Å²) in [6, 6.07) is 0. The number of hydrogen-bond acceptors (Lipinski definition) is 4. The molecule has 0 amide bonds. The molecule has 21 heavy (non-hydrogen) atoms. The van der Waals surface area contributed by atoms with Crippen LogP contribution in [0.25, 0.3) is 0 Å². The summed E-state index contributed by atoms with van der Waals surface area (Å²) in [6.07, 6.45) is 8.68. The summed E-state index contributed by atoms with van der Waals surface area (Å²) >= 11 is 0. The number of methoxy groups -OCH3 is 1. The molecule has 0 aliphatic heterocycles. The molecule has 2 N–H and O–H groups in total. The lowest BCUT2D eigenvalue weighted by Crippen LogP contribution is -2.36. The van der Waals surface area contributed by atoms with Crippen molar-refractivity contribution in [2.75, 3.05) is 33.4 Å². The van der Waals surface area contributed by atoms with E-state index in [1.54, 1.807) is 7.11 Å². The van der Waals surface area contributed by atoms with E-state index in [4.69, 9.17) is 9.47 Å². The van der Waals surface area contributed by atoms with Crippen molar-refractivity contribution in [3.8, 4) is 0 Å². The van der Waals surface area contributed by atoms with Gasteiger partial charge in [0.2, 0.25) is 0 Å². The Morgan fingerprint density at radius 1 is 1.29 bits per heavy atom. The first-order valence-electron chi connectivity index (χ1n) is 8.64. The topological polar surface area (TPSA) is 50.7 Å². The van der Waals surface area contributed by atoms with Gasteiger partial charge in [0.1, 0.15) is 0 Å². The van der Waals surface area contributed by atoms with E-state index in [0.29, 0.717) is 30.6 Å². The second kappa shape index (κ2) is 8.47. The number of nitrogens with one attached hydrogen (secondary N) is 1. The van der Waals surface area contributed by atoms with Crippen LogP contribution in [0.3, 0.4) is 0 Å². The maximum Gasteiger partial charge on any atom is 0.0897 e. The smallest absolute Gasteiger partial charge is 0.0897 e. The average Bonchev–Trinajstić information content (AvgIpc) is 3.25. The van der Waals surface area contributed by atoms with E-state index < -0.39 is 6.10 Å². The molecule has 2 saturated carbocycles. The summed E-state index contributed by atoms with van der Waals surface area (Å²) in [5, 5.41) is 13.5. The van der Waals surface area contributed by atoms with E-state index in [-0.39, 0.29) is 0 Å². The lowest BCUT2D eigenvalue weighted by atomic mass is 9.88. The highest BCUT2D eigenvalue weighted by Crippen LogP contribution is 2.48. The van der Waals surface area contributed by atoms with Crippen molar-refractivity contribution in [1.82, 2.24) is 5.32 Å². The number of aliphatic hydroxyl groups excluding tert-OH is 1. The number of aliphatic hydroxyl groups is 1. The molecule has 0 aromatic heterocycles. The third-order valence-corrected chi connectivity index (χ3v) is 5.21. The molecule has 124 valence electrons. The maximum atomic E-state index is 10.0. The summed E-state index contributed by atoms with van der Waals surface area (Å²) < 4.78 is 11.1. The molecule has 2 aliphatic rings. The molecule has 0 radical (unpaired) electrons. The van der Waals surface area contributed by atoms with Gasteiger partial charge in [0.05, 0.1) is 18.8 Å². The van der Waals surface area contributed by atoms with Gasteiger partial charge in [-0.25, -0.2) is 0 Å². The van der Waals surface area contributed by atoms with Crippen molar-refractivity contribution < 1.29 is 14.6 Å². The van der Waals surface area contributed by atoms with Crippen LogP contribution in [0.4, 0.5) is 0 Å². The summed E-state index contributed by atoms with van der Waals surface area (Å²) in [6.45, 7) is 5.20. The van der Waals surface area contributed by atoms with E-state index in [0.717, 1.165) is 26.0 Å². The summed E-state index contributed by atoms with van der Waals surface area (Å²) in [4.78, 5) is 0. The molecule has 0 spiro atoms. The van der Waals surface area contributed by atoms with Gasteiger partial charge in [-0.1, -0.05) is 19.8 Å². The monoisotopic (exact) mass is 299 g/mol. The Hall–Kier alpha value is -0.160. The van der Waals surface area contributed by atoms with Gasteiger partial charge in [0.15, 0.2) is 0 Å². The first-order chi connectivity index (χ1) is 10.2. The predicted octanol–water partition coefficient (Wildman–Crippen LogP) is 2.35. The Bertz CT molecular complexity index is 294. The van der Waals surface area contributed by atoms with E-state index in [9.17, 15) is 5.11 Å². The van der Waals surface area contributed by atoms with Crippen molar-refractivity contribution in [1.29, 1.82) is 0 Å². The third kappa shape index (κ3) is 5.85. The van der Waals surface area contributed by atoms with Gasteiger partial charge >= 0.3 is 0 Å². The molecule has 2 fully saturated rings. The maximum absolute atomic E-state index is 10.0. The van der Waals surface area contributed by atoms with E-state index in [2.05, 4.69) is 12.2 Å². The summed E-state index contributed by atoms with van der Waals surface area (Å²) in [5.41, 5.74) is 0.439. The first-order valence-corrected chi connectivity index (χ1v) is 8.64. The first kappa shape index (κ1) is 17.2. The molecule has 3 atom stereocenters. The lowest BCUT2D eigenvalue weighted by Gasteiger charge is -2.29. The molecule has 0 bridgehead atoms. The molecule has 0 saturated heterocycles. The van der Waals surface area contributed by atoms with Gasteiger partial charge in [-0.3, -0.25) is 0 Å². The normalized spacial score (nSPS) is 29.3. The fraction of sp³-hybridized carbons (Fsp3) is 1.00. The van der Waals surface area contributed by atoms with Crippen molar-refractivity contribution in [2.45, 2.75) is 64.1 Å². The molecule has 3 unspecified atom stereocenters. The van der Waals surface area contributed by atoms with Gasteiger partial charge in [0, 0.05) is 26.8 Å².